The van der Waals surface area contributed by atoms with Gasteiger partial charge in [-0.25, -0.2) is 13.8 Å². The molecule has 5 nitrogen and oxygen atoms in total. The van der Waals surface area contributed by atoms with E-state index in [2.05, 4.69) is 9.73 Å². The van der Waals surface area contributed by atoms with Crippen LogP contribution < -0.4 is 5.73 Å². The van der Waals surface area contributed by atoms with Crippen molar-refractivity contribution in [2.45, 2.75) is 31.7 Å². The van der Waals surface area contributed by atoms with E-state index in [0.717, 1.165) is 0 Å². The van der Waals surface area contributed by atoms with Crippen LogP contribution in [0, 0.1) is 11.8 Å². The number of halogens is 2. The van der Waals surface area contributed by atoms with Crippen LogP contribution in [0.15, 0.2) is 4.99 Å². The molecule has 2 N–H and O–H groups in total. The second-order valence-electron chi connectivity index (χ2n) is 4.79. The summed E-state index contributed by atoms with van der Waals surface area (Å²) in [5, 5.41) is 0. The zero-order valence-corrected chi connectivity index (χ0v) is 10.3. The molecule has 1 unspecified atom stereocenters. The summed E-state index contributed by atoms with van der Waals surface area (Å²) in [6.07, 6.45) is 0.349. The topological polar surface area (TPSA) is 73.9 Å². The molecule has 0 aromatic carbocycles. The summed E-state index contributed by atoms with van der Waals surface area (Å²) in [6.45, 7) is 2.43. The summed E-state index contributed by atoms with van der Waals surface area (Å²) in [7, 11) is 0. The smallest absolute Gasteiger partial charge is 0.309 e. The fraction of sp³-hybridized carbons (Fsp3) is 0.818. The first-order valence-corrected chi connectivity index (χ1v) is 5.84. The summed E-state index contributed by atoms with van der Waals surface area (Å²) in [5.41, 5.74) is 3.67. The number of esters is 1. The SMILES string of the molecule is CCOC(=O)[C@@H]1C[C@H]1C1(C)N=C(N)OCC1(F)F. The van der Waals surface area contributed by atoms with Gasteiger partial charge in [0.2, 0.25) is 0 Å². The number of ether oxygens (including phenoxy) is 2. The molecule has 18 heavy (non-hydrogen) atoms. The number of nitrogens with two attached hydrogens (primary N) is 1. The van der Waals surface area contributed by atoms with E-state index in [0.29, 0.717) is 6.42 Å². The minimum Gasteiger partial charge on any atom is -0.466 e. The Morgan fingerprint density at radius 2 is 2.33 bits per heavy atom. The Bertz CT molecular complexity index is 400. The highest BCUT2D eigenvalue weighted by Crippen LogP contribution is 2.55. The molecule has 3 atom stereocenters. The van der Waals surface area contributed by atoms with Crippen LogP contribution in [0.5, 0.6) is 0 Å². The quantitative estimate of drug-likeness (QED) is 0.768. The molecular weight excluding hydrogens is 246 g/mol. The van der Waals surface area contributed by atoms with Crippen molar-refractivity contribution in [3.05, 3.63) is 0 Å². The van der Waals surface area contributed by atoms with Crippen molar-refractivity contribution in [1.82, 2.24) is 0 Å². The predicted octanol–water partition coefficient (Wildman–Crippen LogP) is 0.925. The molecule has 0 saturated heterocycles. The van der Waals surface area contributed by atoms with Crippen molar-refractivity contribution < 1.29 is 23.0 Å². The Labute approximate surface area is 103 Å². The molecule has 102 valence electrons. The van der Waals surface area contributed by atoms with Gasteiger partial charge in [0, 0.05) is 5.92 Å². The van der Waals surface area contributed by atoms with Crippen LogP contribution in [-0.4, -0.2) is 36.7 Å². The Kier molecular flexibility index (Phi) is 2.95. The highest BCUT2D eigenvalue weighted by molar-refractivity contribution is 5.77. The van der Waals surface area contributed by atoms with Crippen LogP contribution in [0.2, 0.25) is 0 Å². The molecule has 1 aliphatic heterocycles. The Morgan fingerprint density at radius 1 is 1.67 bits per heavy atom. The summed E-state index contributed by atoms with van der Waals surface area (Å²) in [5.74, 6) is -4.65. The molecule has 7 heteroatoms. The molecule has 0 amide bonds. The highest BCUT2D eigenvalue weighted by atomic mass is 19.3. The lowest BCUT2D eigenvalue weighted by Crippen LogP contribution is -2.55. The normalized spacial score (nSPS) is 37.4. The molecular formula is C11H16F2N2O3. The summed E-state index contributed by atoms with van der Waals surface area (Å²) in [6, 6.07) is -0.252. The Morgan fingerprint density at radius 3 is 2.94 bits per heavy atom. The van der Waals surface area contributed by atoms with E-state index >= 15 is 0 Å². The molecule has 1 fully saturated rings. The van der Waals surface area contributed by atoms with E-state index in [1.807, 2.05) is 0 Å². The zero-order valence-electron chi connectivity index (χ0n) is 10.3. The lowest BCUT2D eigenvalue weighted by molar-refractivity contribution is -0.147. The first-order valence-electron chi connectivity index (χ1n) is 5.84. The second-order valence-corrected chi connectivity index (χ2v) is 4.79. The minimum atomic E-state index is -3.14. The molecule has 2 aliphatic rings. The summed E-state index contributed by atoms with van der Waals surface area (Å²) in [4.78, 5) is 15.3. The van der Waals surface area contributed by atoms with Crippen molar-refractivity contribution in [3.8, 4) is 0 Å². The molecule has 1 saturated carbocycles. The monoisotopic (exact) mass is 262 g/mol. The summed E-state index contributed by atoms with van der Waals surface area (Å²) < 4.78 is 37.2. The van der Waals surface area contributed by atoms with Gasteiger partial charge in [-0.3, -0.25) is 4.79 Å². The number of carbonyl (C=O) groups is 1. The van der Waals surface area contributed by atoms with Crippen LogP contribution in [0.4, 0.5) is 8.78 Å². The molecule has 0 aromatic rings. The maximum atomic E-state index is 13.9. The van der Waals surface area contributed by atoms with Crippen molar-refractivity contribution in [1.29, 1.82) is 0 Å². The molecule has 1 aliphatic carbocycles. The maximum absolute atomic E-state index is 13.9. The van der Waals surface area contributed by atoms with Gasteiger partial charge in [0.25, 0.3) is 6.02 Å². The van der Waals surface area contributed by atoms with Gasteiger partial charge in [0.1, 0.15) is 5.54 Å². The van der Waals surface area contributed by atoms with Gasteiger partial charge < -0.3 is 15.2 Å². The molecule has 0 spiro atoms. The van der Waals surface area contributed by atoms with E-state index in [-0.39, 0.29) is 12.6 Å². The zero-order chi connectivity index (χ0) is 13.6. The molecule has 0 radical (unpaired) electrons. The van der Waals surface area contributed by atoms with Crippen molar-refractivity contribution in [2.24, 2.45) is 22.6 Å². The number of hydrogen-bond acceptors (Lipinski definition) is 5. The van der Waals surface area contributed by atoms with Gasteiger partial charge in [-0.1, -0.05) is 0 Å². The van der Waals surface area contributed by atoms with Crippen LogP contribution in [0.25, 0.3) is 0 Å². The fourth-order valence-corrected chi connectivity index (χ4v) is 2.33. The number of carbonyl (C=O) groups excluding carboxylic acids is 1. The largest absolute Gasteiger partial charge is 0.466 e. The number of rotatable bonds is 3. The first kappa shape index (κ1) is 13.0. The lowest BCUT2D eigenvalue weighted by atomic mass is 9.87. The Balaban J connectivity index is 2.17. The van der Waals surface area contributed by atoms with Crippen LogP contribution in [-0.2, 0) is 14.3 Å². The number of nitrogens with zero attached hydrogens (tertiary/aromatic N) is 1. The minimum absolute atomic E-state index is 0.240. The van der Waals surface area contributed by atoms with Gasteiger partial charge >= 0.3 is 11.9 Å². The van der Waals surface area contributed by atoms with Crippen LogP contribution in [0.3, 0.4) is 0 Å². The van der Waals surface area contributed by atoms with Gasteiger partial charge in [-0.2, -0.15) is 0 Å². The van der Waals surface area contributed by atoms with Gasteiger partial charge in [0.15, 0.2) is 6.61 Å². The molecule has 0 bridgehead atoms. The molecule has 2 rings (SSSR count). The van der Waals surface area contributed by atoms with Gasteiger partial charge in [0.05, 0.1) is 12.5 Å². The second kappa shape index (κ2) is 4.07. The number of aliphatic imine (C=N–C) groups is 1. The predicted molar refractivity (Wildman–Crippen MR) is 59.2 cm³/mol. The van der Waals surface area contributed by atoms with E-state index in [1.165, 1.54) is 6.92 Å². The number of alkyl halides is 2. The van der Waals surface area contributed by atoms with Gasteiger partial charge in [-0.15, -0.1) is 0 Å². The maximum Gasteiger partial charge on any atom is 0.309 e. The number of hydrogen-bond donors (Lipinski definition) is 1. The fourth-order valence-electron chi connectivity index (χ4n) is 2.33. The lowest BCUT2D eigenvalue weighted by Gasteiger charge is -2.37. The third-order valence-corrected chi connectivity index (χ3v) is 3.59. The average Bonchev–Trinajstić information content (AvgIpc) is 3.05. The van der Waals surface area contributed by atoms with E-state index in [4.69, 9.17) is 10.5 Å². The van der Waals surface area contributed by atoms with Crippen LogP contribution in [0.1, 0.15) is 20.3 Å². The van der Waals surface area contributed by atoms with Crippen LogP contribution >= 0.6 is 0 Å². The Hall–Kier alpha value is -1.40. The highest BCUT2D eigenvalue weighted by Gasteiger charge is 2.66. The van der Waals surface area contributed by atoms with E-state index < -0.39 is 35.9 Å². The van der Waals surface area contributed by atoms with E-state index in [9.17, 15) is 13.6 Å². The molecule has 0 aromatic heterocycles. The first-order chi connectivity index (χ1) is 8.32. The average molecular weight is 262 g/mol. The third-order valence-electron chi connectivity index (χ3n) is 3.59. The molecule has 1 heterocycles. The van der Waals surface area contributed by atoms with Crippen molar-refractivity contribution >= 4 is 12.0 Å². The van der Waals surface area contributed by atoms with Gasteiger partial charge in [-0.05, 0) is 20.3 Å². The van der Waals surface area contributed by atoms with Crippen molar-refractivity contribution in [3.63, 3.8) is 0 Å². The number of amidine groups is 1. The van der Waals surface area contributed by atoms with E-state index in [1.54, 1.807) is 6.92 Å². The third kappa shape index (κ3) is 1.91. The summed E-state index contributed by atoms with van der Waals surface area (Å²) >= 11 is 0. The van der Waals surface area contributed by atoms with Crippen molar-refractivity contribution in [2.75, 3.05) is 13.2 Å². The standard InChI is InChI=1S/C11H16F2N2O3/c1-3-17-8(16)6-4-7(6)10(2)11(12,13)5-18-9(14)15-10/h6-7H,3-5H2,1-2H3,(H2,14,15)/t6-,7-,10?/m1/s1.